The molecule has 0 aliphatic carbocycles. The summed E-state index contributed by atoms with van der Waals surface area (Å²) in [7, 11) is 0. The van der Waals surface area contributed by atoms with E-state index in [-0.39, 0.29) is 35.9 Å². The first kappa shape index (κ1) is 19.0. The quantitative estimate of drug-likeness (QED) is 0.451. The summed E-state index contributed by atoms with van der Waals surface area (Å²) in [5.74, 6) is 1.38. The number of rotatable bonds is 5. The van der Waals surface area contributed by atoms with Gasteiger partial charge in [0.25, 0.3) is 0 Å². The minimum atomic E-state index is -0.253. The number of guanidine groups is 1. The smallest absolute Gasteiger partial charge is 0.194 e. The number of hydrogen-bond acceptors (Lipinski definition) is 2. The molecule has 124 valence electrons. The van der Waals surface area contributed by atoms with Crippen molar-refractivity contribution in [3.05, 3.63) is 30.1 Å². The highest BCUT2D eigenvalue weighted by Crippen LogP contribution is 2.13. The summed E-state index contributed by atoms with van der Waals surface area (Å²) in [6.45, 7) is 7.63. The lowest BCUT2D eigenvalue weighted by Gasteiger charge is -2.21. The van der Waals surface area contributed by atoms with E-state index in [9.17, 15) is 4.39 Å². The molecule has 1 aliphatic rings. The predicted octanol–water partition coefficient (Wildman–Crippen LogP) is 3.27. The number of nitrogens with one attached hydrogen (secondary N) is 1. The predicted molar refractivity (Wildman–Crippen MR) is 98.7 cm³/mol. The minimum Gasteiger partial charge on any atom is -0.489 e. The van der Waals surface area contributed by atoms with Crippen LogP contribution in [0.2, 0.25) is 0 Å². The summed E-state index contributed by atoms with van der Waals surface area (Å²) in [5.41, 5.74) is 0. The normalized spacial score (nSPS) is 16.1. The van der Waals surface area contributed by atoms with Gasteiger partial charge in [0.05, 0.1) is 6.54 Å². The summed E-state index contributed by atoms with van der Waals surface area (Å²) in [6.07, 6.45) is 2.41. The van der Waals surface area contributed by atoms with Crippen LogP contribution < -0.4 is 10.1 Å². The maximum atomic E-state index is 12.8. The van der Waals surface area contributed by atoms with Crippen molar-refractivity contribution in [3.8, 4) is 5.75 Å². The largest absolute Gasteiger partial charge is 0.489 e. The van der Waals surface area contributed by atoms with Gasteiger partial charge in [-0.1, -0.05) is 0 Å². The number of hydrogen-bond donors (Lipinski definition) is 1. The number of aliphatic imine (C=N–C) groups is 1. The van der Waals surface area contributed by atoms with Crippen LogP contribution in [0.1, 0.15) is 26.7 Å². The van der Waals surface area contributed by atoms with E-state index in [1.807, 2.05) is 6.92 Å². The molecule has 0 spiro atoms. The van der Waals surface area contributed by atoms with Crippen LogP contribution in [0.3, 0.4) is 0 Å². The van der Waals surface area contributed by atoms with Crippen LogP contribution in [0.4, 0.5) is 4.39 Å². The summed E-state index contributed by atoms with van der Waals surface area (Å²) in [4.78, 5) is 6.93. The first-order chi connectivity index (χ1) is 10.2. The Kier molecular flexibility index (Phi) is 8.52. The molecule has 0 amide bonds. The molecule has 1 unspecified atom stereocenters. The molecule has 1 aromatic carbocycles. The zero-order valence-electron chi connectivity index (χ0n) is 13.2. The molecule has 1 N–H and O–H groups in total. The lowest BCUT2D eigenvalue weighted by Crippen LogP contribution is -2.40. The van der Waals surface area contributed by atoms with Gasteiger partial charge in [-0.05, 0) is 51.0 Å². The second kappa shape index (κ2) is 9.86. The van der Waals surface area contributed by atoms with E-state index < -0.39 is 0 Å². The van der Waals surface area contributed by atoms with Crippen molar-refractivity contribution >= 4 is 29.9 Å². The second-order valence-electron chi connectivity index (χ2n) is 5.27. The van der Waals surface area contributed by atoms with E-state index in [0.29, 0.717) is 12.3 Å². The summed E-state index contributed by atoms with van der Waals surface area (Å²) in [6, 6.07) is 6.09. The average molecular weight is 421 g/mol. The van der Waals surface area contributed by atoms with Crippen LogP contribution in [-0.4, -0.2) is 43.1 Å². The maximum Gasteiger partial charge on any atom is 0.194 e. The standard InChI is InChI=1S/C16H24FN3O.HI/c1-3-18-16(20-10-4-5-11-20)19-12-13(2)21-15-8-6-14(17)7-9-15;/h6-9,13H,3-5,10-12H2,1-2H3,(H,18,19);1H. The van der Waals surface area contributed by atoms with Crippen LogP contribution >= 0.6 is 24.0 Å². The fraction of sp³-hybridized carbons (Fsp3) is 0.562. The Morgan fingerprint density at radius 1 is 1.32 bits per heavy atom. The van der Waals surface area contributed by atoms with E-state index in [2.05, 4.69) is 22.1 Å². The molecule has 2 rings (SSSR count). The monoisotopic (exact) mass is 421 g/mol. The SMILES string of the molecule is CCNC(=NCC(C)Oc1ccc(F)cc1)N1CCCC1.I. The Bertz CT molecular complexity index is 461. The molecule has 1 heterocycles. The number of ether oxygens (including phenoxy) is 1. The van der Waals surface area contributed by atoms with Gasteiger partial charge in [0, 0.05) is 19.6 Å². The van der Waals surface area contributed by atoms with E-state index in [1.54, 1.807) is 12.1 Å². The van der Waals surface area contributed by atoms with Crippen LogP contribution in [0.5, 0.6) is 5.75 Å². The van der Waals surface area contributed by atoms with Crippen molar-refractivity contribution in [3.63, 3.8) is 0 Å². The topological polar surface area (TPSA) is 36.9 Å². The van der Waals surface area contributed by atoms with Gasteiger partial charge in [-0.25, -0.2) is 9.38 Å². The van der Waals surface area contributed by atoms with E-state index in [1.165, 1.54) is 25.0 Å². The van der Waals surface area contributed by atoms with Crippen molar-refractivity contribution in [1.29, 1.82) is 0 Å². The molecule has 22 heavy (non-hydrogen) atoms. The molecule has 6 heteroatoms. The molecule has 1 atom stereocenters. The lowest BCUT2D eigenvalue weighted by atomic mass is 10.3. The highest BCUT2D eigenvalue weighted by atomic mass is 127. The number of likely N-dealkylation sites (tertiary alicyclic amines) is 1. The third-order valence-electron chi connectivity index (χ3n) is 3.39. The molecule has 1 saturated heterocycles. The molecule has 1 aliphatic heterocycles. The molecule has 0 aromatic heterocycles. The van der Waals surface area contributed by atoms with Gasteiger partial charge in [0.2, 0.25) is 0 Å². The zero-order valence-corrected chi connectivity index (χ0v) is 15.5. The number of nitrogens with zero attached hydrogens (tertiary/aromatic N) is 2. The summed E-state index contributed by atoms with van der Waals surface area (Å²) < 4.78 is 18.6. The first-order valence-electron chi connectivity index (χ1n) is 7.64. The van der Waals surface area contributed by atoms with Gasteiger partial charge in [-0.2, -0.15) is 0 Å². The minimum absolute atomic E-state index is 0. The van der Waals surface area contributed by atoms with E-state index >= 15 is 0 Å². The van der Waals surface area contributed by atoms with Gasteiger partial charge in [-0.15, -0.1) is 24.0 Å². The van der Waals surface area contributed by atoms with E-state index in [4.69, 9.17) is 4.74 Å². The Hall–Kier alpha value is -1.05. The lowest BCUT2D eigenvalue weighted by molar-refractivity contribution is 0.229. The number of halogens is 2. The molecular weight excluding hydrogens is 396 g/mol. The van der Waals surface area contributed by atoms with Crippen molar-refractivity contribution in [2.45, 2.75) is 32.8 Å². The Morgan fingerprint density at radius 2 is 1.95 bits per heavy atom. The van der Waals surface area contributed by atoms with Crippen molar-refractivity contribution in [1.82, 2.24) is 10.2 Å². The maximum absolute atomic E-state index is 12.8. The highest BCUT2D eigenvalue weighted by molar-refractivity contribution is 14.0. The summed E-state index contributed by atoms with van der Waals surface area (Å²) >= 11 is 0. The third-order valence-corrected chi connectivity index (χ3v) is 3.39. The van der Waals surface area contributed by atoms with Gasteiger partial charge in [0.15, 0.2) is 5.96 Å². The van der Waals surface area contributed by atoms with Crippen LogP contribution in [-0.2, 0) is 0 Å². The van der Waals surface area contributed by atoms with E-state index in [0.717, 1.165) is 25.6 Å². The van der Waals surface area contributed by atoms with Crippen LogP contribution in [0, 0.1) is 5.82 Å². The van der Waals surface area contributed by atoms with Gasteiger partial charge in [0.1, 0.15) is 17.7 Å². The number of benzene rings is 1. The third kappa shape index (κ3) is 5.98. The van der Waals surface area contributed by atoms with Crippen molar-refractivity contribution in [2.24, 2.45) is 4.99 Å². The molecule has 0 radical (unpaired) electrons. The molecule has 4 nitrogen and oxygen atoms in total. The highest BCUT2D eigenvalue weighted by Gasteiger charge is 2.15. The molecular formula is C16H25FIN3O. The van der Waals surface area contributed by atoms with Gasteiger partial charge in [-0.3, -0.25) is 0 Å². The molecule has 0 saturated carbocycles. The molecule has 0 bridgehead atoms. The fourth-order valence-corrected chi connectivity index (χ4v) is 2.35. The molecule has 1 aromatic rings. The average Bonchev–Trinajstić information content (AvgIpc) is 3.00. The summed E-state index contributed by atoms with van der Waals surface area (Å²) in [5, 5.41) is 3.32. The van der Waals surface area contributed by atoms with Gasteiger partial charge < -0.3 is 15.0 Å². The Balaban J connectivity index is 0.00000242. The molecule has 1 fully saturated rings. The van der Waals surface area contributed by atoms with Gasteiger partial charge >= 0.3 is 0 Å². The van der Waals surface area contributed by atoms with Crippen LogP contribution in [0.25, 0.3) is 0 Å². The van der Waals surface area contributed by atoms with Crippen LogP contribution in [0.15, 0.2) is 29.3 Å². The zero-order chi connectivity index (χ0) is 15.1. The van der Waals surface area contributed by atoms with Crippen molar-refractivity contribution in [2.75, 3.05) is 26.2 Å². The fourth-order valence-electron chi connectivity index (χ4n) is 2.35. The van der Waals surface area contributed by atoms with Crippen molar-refractivity contribution < 1.29 is 9.13 Å². The second-order valence-corrected chi connectivity index (χ2v) is 5.27. The first-order valence-corrected chi connectivity index (χ1v) is 7.64. The Labute approximate surface area is 149 Å². The Morgan fingerprint density at radius 3 is 2.55 bits per heavy atom.